The number of nitrogens with two attached hydrogens (primary N) is 1. The van der Waals surface area contributed by atoms with Crippen molar-refractivity contribution in [1.82, 2.24) is 4.31 Å². The average Bonchev–Trinajstić information content (AvgIpc) is 3.30. The first kappa shape index (κ1) is 22.5. The number of ether oxygens (including phenoxy) is 1. The van der Waals surface area contributed by atoms with Gasteiger partial charge in [0.2, 0.25) is 10.0 Å². The van der Waals surface area contributed by atoms with Gasteiger partial charge in [-0.05, 0) is 61.8 Å². The molecule has 0 radical (unpaired) electrons. The number of benzene rings is 2. The maximum Gasteiger partial charge on any atom is 0.311 e. The quantitative estimate of drug-likeness (QED) is 0.672. The SMILES string of the molecule is NC(=O)C1(OC(=O)C2CCCN(S(=O)(=O)c3ccc(-c4ccccc4)cc3)C2)CCCC1. The summed E-state index contributed by atoms with van der Waals surface area (Å²) < 4.78 is 33.4. The van der Waals surface area contributed by atoms with Gasteiger partial charge < -0.3 is 10.5 Å². The lowest BCUT2D eigenvalue weighted by atomic mass is 9.97. The Kier molecular flexibility index (Phi) is 6.35. The van der Waals surface area contributed by atoms with Crippen LogP contribution in [-0.4, -0.2) is 43.3 Å². The summed E-state index contributed by atoms with van der Waals surface area (Å²) in [5, 5.41) is 0. The molecule has 1 heterocycles. The topological polar surface area (TPSA) is 107 Å². The second kappa shape index (κ2) is 9.03. The molecule has 2 fully saturated rings. The van der Waals surface area contributed by atoms with Crippen LogP contribution in [0.5, 0.6) is 0 Å². The second-order valence-corrected chi connectivity index (χ2v) is 10.5. The normalized spacial score (nSPS) is 21.2. The van der Waals surface area contributed by atoms with Crippen molar-refractivity contribution in [3.63, 3.8) is 0 Å². The number of carbonyl (C=O) groups excluding carboxylic acids is 2. The van der Waals surface area contributed by atoms with E-state index in [1.807, 2.05) is 30.3 Å². The van der Waals surface area contributed by atoms with E-state index in [0.29, 0.717) is 32.2 Å². The fourth-order valence-electron chi connectivity index (χ4n) is 4.57. The molecule has 2 aromatic carbocycles. The molecule has 1 saturated heterocycles. The van der Waals surface area contributed by atoms with Crippen molar-refractivity contribution in [3.05, 3.63) is 54.6 Å². The van der Waals surface area contributed by atoms with Crippen molar-refractivity contribution in [2.24, 2.45) is 11.7 Å². The van der Waals surface area contributed by atoms with Gasteiger partial charge in [-0.1, -0.05) is 42.5 Å². The number of rotatable bonds is 6. The Hall–Kier alpha value is -2.71. The molecule has 0 bridgehead atoms. The molecular formula is C24H28N2O5S. The van der Waals surface area contributed by atoms with Crippen molar-refractivity contribution < 1.29 is 22.7 Å². The van der Waals surface area contributed by atoms with Crippen LogP contribution < -0.4 is 5.73 Å². The van der Waals surface area contributed by atoms with Crippen molar-refractivity contribution in [2.75, 3.05) is 13.1 Å². The highest BCUT2D eigenvalue weighted by molar-refractivity contribution is 7.89. The number of amides is 1. The lowest BCUT2D eigenvalue weighted by molar-refractivity contribution is -0.171. The number of esters is 1. The number of hydrogen-bond donors (Lipinski definition) is 1. The molecule has 170 valence electrons. The molecule has 4 rings (SSSR count). The van der Waals surface area contributed by atoms with E-state index in [0.717, 1.165) is 24.0 Å². The predicted octanol–water partition coefficient (Wildman–Crippen LogP) is 3.10. The average molecular weight is 457 g/mol. The highest BCUT2D eigenvalue weighted by atomic mass is 32.2. The lowest BCUT2D eigenvalue weighted by Crippen LogP contribution is -2.49. The van der Waals surface area contributed by atoms with Crippen molar-refractivity contribution in [1.29, 1.82) is 0 Å². The van der Waals surface area contributed by atoms with Crippen LogP contribution in [0.3, 0.4) is 0 Å². The number of sulfonamides is 1. The predicted molar refractivity (Wildman–Crippen MR) is 120 cm³/mol. The zero-order valence-corrected chi connectivity index (χ0v) is 18.7. The number of piperidine rings is 1. The molecule has 1 atom stereocenters. The van der Waals surface area contributed by atoms with Crippen LogP contribution in [0, 0.1) is 5.92 Å². The number of hydrogen-bond acceptors (Lipinski definition) is 5. The largest absolute Gasteiger partial charge is 0.449 e. The van der Waals surface area contributed by atoms with Gasteiger partial charge in [-0.2, -0.15) is 4.31 Å². The standard InChI is InChI=1S/C24H28N2O5S/c25-23(28)24(14-4-5-15-24)31-22(27)20-9-6-16-26(17-20)32(29,30)21-12-10-19(11-13-21)18-7-2-1-3-8-18/h1-3,7-8,10-13,20H,4-6,9,14-17H2,(H2,25,28). The summed E-state index contributed by atoms with van der Waals surface area (Å²) in [5.41, 5.74) is 6.21. The molecule has 1 aliphatic carbocycles. The van der Waals surface area contributed by atoms with Crippen molar-refractivity contribution in [3.8, 4) is 11.1 Å². The first-order valence-corrected chi connectivity index (χ1v) is 12.4. The highest BCUT2D eigenvalue weighted by Gasteiger charge is 2.45. The summed E-state index contributed by atoms with van der Waals surface area (Å²) in [6, 6.07) is 16.5. The first-order chi connectivity index (χ1) is 15.3. The third-order valence-corrected chi connectivity index (χ3v) is 8.35. The number of primary amides is 1. The number of nitrogens with zero attached hydrogens (tertiary/aromatic N) is 1. The molecule has 32 heavy (non-hydrogen) atoms. The zero-order chi connectivity index (χ0) is 22.8. The van der Waals surface area contributed by atoms with E-state index < -0.39 is 33.4 Å². The number of carbonyl (C=O) groups is 2. The first-order valence-electron chi connectivity index (χ1n) is 11.0. The molecule has 1 aliphatic heterocycles. The monoisotopic (exact) mass is 456 g/mol. The van der Waals surface area contributed by atoms with Crippen LogP contribution in [0.2, 0.25) is 0 Å². The maximum absolute atomic E-state index is 13.2. The van der Waals surface area contributed by atoms with Gasteiger partial charge in [0.15, 0.2) is 5.60 Å². The van der Waals surface area contributed by atoms with Gasteiger partial charge in [0, 0.05) is 13.1 Å². The minimum atomic E-state index is -3.75. The summed E-state index contributed by atoms with van der Waals surface area (Å²) in [5.74, 6) is -1.77. The molecule has 1 saturated carbocycles. The van der Waals surface area contributed by atoms with Gasteiger partial charge >= 0.3 is 5.97 Å². The molecule has 2 aliphatic rings. The third-order valence-electron chi connectivity index (χ3n) is 6.47. The Labute approximate surface area is 188 Å². The minimum absolute atomic E-state index is 0.0381. The van der Waals surface area contributed by atoms with Crippen LogP contribution in [0.1, 0.15) is 38.5 Å². The van der Waals surface area contributed by atoms with Gasteiger partial charge in [0.05, 0.1) is 10.8 Å². The molecule has 2 aromatic rings. The summed E-state index contributed by atoms with van der Waals surface area (Å²) in [6.07, 6.45) is 3.48. The zero-order valence-electron chi connectivity index (χ0n) is 17.9. The smallest absolute Gasteiger partial charge is 0.311 e. The van der Waals surface area contributed by atoms with E-state index in [2.05, 4.69) is 0 Å². The Morgan fingerprint density at radius 3 is 2.19 bits per heavy atom. The molecule has 0 spiro atoms. The van der Waals surface area contributed by atoms with Crippen LogP contribution >= 0.6 is 0 Å². The lowest BCUT2D eigenvalue weighted by Gasteiger charge is -2.33. The van der Waals surface area contributed by atoms with Gasteiger partial charge in [-0.3, -0.25) is 9.59 Å². The van der Waals surface area contributed by atoms with E-state index in [1.165, 1.54) is 4.31 Å². The van der Waals surface area contributed by atoms with E-state index >= 15 is 0 Å². The van der Waals surface area contributed by atoms with Crippen LogP contribution in [-0.2, 0) is 24.3 Å². The van der Waals surface area contributed by atoms with Gasteiger partial charge in [-0.15, -0.1) is 0 Å². The van der Waals surface area contributed by atoms with Crippen molar-refractivity contribution in [2.45, 2.75) is 49.0 Å². The molecule has 1 amide bonds. The summed E-state index contributed by atoms with van der Waals surface area (Å²) in [4.78, 5) is 24.9. The Morgan fingerprint density at radius 2 is 1.56 bits per heavy atom. The van der Waals surface area contributed by atoms with Gasteiger partial charge in [-0.25, -0.2) is 8.42 Å². The van der Waals surface area contributed by atoms with Crippen LogP contribution in [0.25, 0.3) is 11.1 Å². The fraction of sp³-hybridized carbons (Fsp3) is 0.417. The Morgan fingerprint density at radius 1 is 0.938 bits per heavy atom. The maximum atomic E-state index is 13.2. The summed E-state index contributed by atoms with van der Waals surface area (Å²) >= 11 is 0. The molecule has 1 unspecified atom stereocenters. The second-order valence-electron chi connectivity index (χ2n) is 8.58. The Bertz CT molecular complexity index is 1080. The Balaban J connectivity index is 1.47. The van der Waals surface area contributed by atoms with Gasteiger partial charge in [0.1, 0.15) is 0 Å². The summed E-state index contributed by atoms with van der Waals surface area (Å²) in [6.45, 7) is 0.379. The third kappa shape index (κ3) is 4.42. The summed E-state index contributed by atoms with van der Waals surface area (Å²) in [7, 11) is -3.75. The minimum Gasteiger partial charge on any atom is -0.449 e. The van der Waals surface area contributed by atoms with E-state index in [4.69, 9.17) is 10.5 Å². The highest BCUT2D eigenvalue weighted by Crippen LogP contribution is 2.35. The van der Waals surface area contributed by atoms with Crippen molar-refractivity contribution >= 4 is 21.9 Å². The molecule has 7 nitrogen and oxygen atoms in total. The fourth-order valence-corrected chi connectivity index (χ4v) is 6.10. The molecule has 2 N–H and O–H groups in total. The molecule has 0 aromatic heterocycles. The van der Waals surface area contributed by atoms with E-state index in [1.54, 1.807) is 24.3 Å². The van der Waals surface area contributed by atoms with E-state index in [9.17, 15) is 18.0 Å². The van der Waals surface area contributed by atoms with Gasteiger partial charge in [0.25, 0.3) is 5.91 Å². The van der Waals surface area contributed by atoms with Crippen LogP contribution in [0.15, 0.2) is 59.5 Å². The molecule has 8 heteroatoms. The molecular weight excluding hydrogens is 428 g/mol. The van der Waals surface area contributed by atoms with E-state index in [-0.39, 0.29) is 11.4 Å². The van der Waals surface area contributed by atoms with Crippen LogP contribution in [0.4, 0.5) is 0 Å².